The first-order valence-electron chi connectivity index (χ1n) is 12.5. The van der Waals surface area contributed by atoms with Gasteiger partial charge in [0.1, 0.15) is 29.7 Å². The van der Waals surface area contributed by atoms with Crippen molar-refractivity contribution >= 4 is 22.8 Å². The van der Waals surface area contributed by atoms with Gasteiger partial charge in [0.15, 0.2) is 5.65 Å². The van der Waals surface area contributed by atoms with E-state index >= 15 is 0 Å². The summed E-state index contributed by atoms with van der Waals surface area (Å²) >= 11 is 0. The summed E-state index contributed by atoms with van der Waals surface area (Å²) in [6, 6.07) is 6.08. The fourth-order valence-corrected chi connectivity index (χ4v) is 7.07. The van der Waals surface area contributed by atoms with Crippen LogP contribution in [0, 0.1) is 29.4 Å². The molecule has 4 aliphatic rings. The van der Waals surface area contributed by atoms with Gasteiger partial charge in [0.05, 0.1) is 11.1 Å². The van der Waals surface area contributed by atoms with E-state index in [1.165, 1.54) is 48.2 Å². The van der Waals surface area contributed by atoms with E-state index in [1.807, 2.05) is 0 Å². The third kappa shape index (κ3) is 3.94. The van der Waals surface area contributed by atoms with Crippen molar-refractivity contribution in [3.05, 3.63) is 63.9 Å². The third-order valence-corrected chi connectivity index (χ3v) is 8.08. The maximum Gasteiger partial charge on any atom is 0.257 e. The molecule has 1 amide bonds. The van der Waals surface area contributed by atoms with Gasteiger partial charge in [0.25, 0.3) is 5.91 Å². The molecule has 2 heterocycles. The van der Waals surface area contributed by atoms with Crippen LogP contribution in [0.1, 0.15) is 48.9 Å². The van der Waals surface area contributed by atoms with Crippen LogP contribution in [0.15, 0.2) is 41.3 Å². The Hall–Kier alpha value is -3.36. The summed E-state index contributed by atoms with van der Waals surface area (Å²) in [6.45, 7) is -0.609. The van der Waals surface area contributed by atoms with Crippen molar-refractivity contribution < 1.29 is 18.0 Å². The summed E-state index contributed by atoms with van der Waals surface area (Å²) in [5.41, 5.74) is -0.915. The van der Waals surface area contributed by atoms with Crippen molar-refractivity contribution in [2.45, 2.75) is 44.1 Å². The average molecular weight is 497 g/mol. The molecule has 0 atom stereocenters. The molecule has 0 radical (unpaired) electrons. The number of nitrogens with one attached hydrogen (secondary N) is 2. The smallest absolute Gasteiger partial charge is 0.257 e. The van der Waals surface area contributed by atoms with Crippen LogP contribution in [-0.2, 0) is 0 Å². The molecule has 6 nitrogen and oxygen atoms in total. The molecule has 4 fully saturated rings. The lowest BCUT2D eigenvalue weighted by molar-refractivity contribution is -0.0167. The van der Waals surface area contributed by atoms with Crippen LogP contribution in [0.3, 0.4) is 0 Å². The Morgan fingerprint density at radius 1 is 1.06 bits per heavy atom. The zero-order valence-electron chi connectivity index (χ0n) is 19.7. The SMILES string of the molecule is O=C(NC12CC3CC(CC(C3)C1)C2)c1cn(-c2ccc(F)cc2F)c2nc(NCCF)ccc2c1=O. The maximum absolute atomic E-state index is 14.9. The fraction of sp³-hybridized carbons (Fsp3) is 0.444. The normalized spacial score (nSPS) is 26.4. The van der Waals surface area contributed by atoms with Gasteiger partial charge >= 0.3 is 0 Å². The Kier molecular flexibility index (Phi) is 5.53. The number of nitrogens with zero attached hydrogens (tertiary/aromatic N) is 2. The Labute approximate surface area is 205 Å². The quantitative estimate of drug-likeness (QED) is 0.517. The molecule has 188 valence electrons. The first-order valence-corrected chi connectivity index (χ1v) is 12.5. The van der Waals surface area contributed by atoms with Crippen LogP contribution >= 0.6 is 0 Å². The molecule has 2 N–H and O–H groups in total. The molecule has 0 unspecified atom stereocenters. The number of rotatable bonds is 6. The monoisotopic (exact) mass is 496 g/mol. The number of fused-ring (bicyclic) bond motifs is 1. The maximum atomic E-state index is 14.9. The van der Waals surface area contributed by atoms with E-state index in [4.69, 9.17) is 0 Å². The first kappa shape index (κ1) is 23.1. The van der Waals surface area contributed by atoms with Crippen LogP contribution < -0.4 is 16.1 Å². The van der Waals surface area contributed by atoms with Gasteiger partial charge in [-0.05, 0) is 80.5 Å². The van der Waals surface area contributed by atoms with Crippen LogP contribution in [0.4, 0.5) is 19.0 Å². The number of hydrogen-bond acceptors (Lipinski definition) is 4. The number of carbonyl (C=O) groups excluding carboxylic acids is 1. The van der Waals surface area contributed by atoms with Crippen molar-refractivity contribution in [1.29, 1.82) is 0 Å². The summed E-state index contributed by atoms with van der Waals surface area (Å²) < 4.78 is 42.5. The second kappa shape index (κ2) is 8.64. The lowest BCUT2D eigenvalue weighted by atomic mass is 9.53. The van der Waals surface area contributed by atoms with Crippen molar-refractivity contribution in [2.24, 2.45) is 17.8 Å². The summed E-state index contributed by atoms with van der Waals surface area (Å²) in [7, 11) is 0. The highest BCUT2D eigenvalue weighted by molar-refractivity contribution is 5.97. The van der Waals surface area contributed by atoms with Gasteiger partial charge < -0.3 is 10.6 Å². The number of carbonyl (C=O) groups is 1. The highest BCUT2D eigenvalue weighted by Crippen LogP contribution is 2.55. The molecular formula is C27H27F3N4O2. The third-order valence-electron chi connectivity index (χ3n) is 8.08. The number of hydrogen-bond donors (Lipinski definition) is 2. The Balaban J connectivity index is 1.45. The Morgan fingerprint density at radius 3 is 2.39 bits per heavy atom. The highest BCUT2D eigenvalue weighted by atomic mass is 19.1. The molecule has 4 aliphatic carbocycles. The van der Waals surface area contributed by atoms with Gasteiger partial charge in [0, 0.05) is 24.3 Å². The van der Waals surface area contributed by atoms with Crippen molar-refractivity contribution in [1.82, 2.24) is 14.9 Å². The number of benzene rings is 1. The number of anilines is 1. The van der Waals surface area contributed by atoms with E-state index < -0.39 is 29.6 Å². The van der Waals surface area contributed by atoms with E-state index in [0.29, 0.717) is 23.6 Å². The van der Waals surface area contributed by atoms with E-state index in [0.717, 1.165) is 31.4 Å². The standard InChI is InChI=1S/C27H27F3N4O2/c28-5-6-31-23-4-2-19-24(35)20(14-34(25(19)32-23)22-3-1-18(29)10-21(22)30)26(36)33-27-11-15-7-16(12-27)9-17(8-15)13-27/h1-4,10,14-17H,5-9,11-13H2,(H,31,32)(H,33,36). The minimum atomic E-state index is -0.865. The molecule has 4 saturated carbocycles. The second-order valence-electron chi connectivity index (χ2n) is 10.7. The summed E-state index contributed by atoms with van der Waals surface area (Å²) in [6.07, 6.45) is 7.69. The minimum absolute atomic E-state index is 0.0131. The molecule has 1 aromatic carbocycles. The van der Waals surface area contributed by atoms with Crippen molar-refractivity contribution in [2.75, 3.05) is 18.5 Å². The lowest BCUT2D eigenvalue weighted by Gasteiger charge is -2.56. The van der Waals surface area contributed by atoms with Gasteiger partial charge in [-0.1, -0.05) is 0 Å². The molecule has 36 heavy (non-hydrogen) atoms. The van der Waals surface area contributed by atoms with Gasteiger partial charge in [-0.2, -0.15) is 0 Å². The molecule has 3 aromatic rings. The zero-order valence-corrected chi connectivity index (χ0v) is 19.7. The van der Waals surface area contributed by atoms with E-state index in [1.54, 1.807) is 0 Å². The molecule has 4 bridgehead atoms. The van der Waals surface area contributed by atoms with E-state index in [2.05, 4.69) is 15.6 Å². The predicted octanol–water partition coefficient (Wildman–Crippen LogP) is 4.74. The molecule has 0 aliphatic heterocycles. The second-order valence-corrected chi connectivity index (χ2v) is 10.7. The molecule has 9 heteroatoms. The van der Waals surface area contributed by atoms with Crippen LogP contribution in [0.2, 0.25) is 0 Å². The molecule has 0 saturated heterocycles. The van der Waals surface area contributed by atoms with Gasteiger partial charge in [0.2, 0.25) is 5.43 Å². The molecule has 2 aromatic heterocycles. The number of halogens is 3. The number of pyridine rings is 2. The van der Waals surface area contributed by atoms with Gasteiger partial charge in [-0.25, -0.2) is 18.2 Å². The average Bonchev–Trinajstić information content (AvgIpc) is 2.82. The van der Waals surface area contributed by atoms with Gasteiger partial charge in [-0.15, -0.1) is 0 Å². The molecule has 0 spiro atoms. The largest absolute Gasteiger partial charge is 0.367 e. The predicted molar refractivity (Wildman–Crippen MR) is 130 cm³/mol. The van der Waals surface area contributed by atoms with Crippen molar-refractivity contribution in [3.8, 4) is 5.69 Å². The van der Waals surface area contributed by atoms with Crippen LogP contribution in [0.25, 0.3) is 16.7 Å². The number of amides is 1. The van der Waals surface area contributed by atoms with E-state index in [-0.39, 0.29) is 34.4 Å². The lowest BCUT2D eigenvalue weighted by Crippen LogP contribution is -2.60. The minimum Gasteiger partial charge on any atom is -0.367 e. The summed E-state index contributed by atoms with van der Waals surface area (Å²) in [5, 5.41) is 6.12. The Bertz CT molecular complexity index is 1380. The number of aromatic nitrogens is 2. The highest BCUT2D eigenvalue weighted by Gasteiger charge is 2.51. The Morgan fingerprint density at radius 2 is 1.75 bits per heavy atom. The fourth-order valence-electron chi connectivity index (χ4n) is 7.07. The molecule has 7 rings (SSSR count). The molecular weight excluding hydrogens is 469 g/mol. The van der Waals surface area contributed by atoms with Crippen molar-refractivity contribution in [3.63, 3.8) is 0 Å². The first-order chi connectivity index (χ1) is 17.3. The van der Waals surface area contributed by atoms with Crippen LogP contribution in [0.5, 0.6) is 0 Å². The summed E-state index contributed by atoms with van der Waals surface area (Å²) in [5.74, 6) is 0.0185. The van der Waals surface area contributed by atoms with Gasteiger partial charge in [-0.3, -0.25) is 14.2 Å². The number of alkyl halides is 1. The van der Waals surface area contributed by atoms with Crippen LogP contribution in [-0.4, -0.2) is 34.2 Å². The topological polar surface area (TPSA) is 76.0 Å². The van der Waals surface area contributed by atoms with E-state index in [9.17, 15) is 22.8 Å². The zero-order chi connectivity index (χ0) is 25.0. The summed E-state index contributed by atoms with van der Waals surface area (Å²) in [4.78, 5) is 31.4.